The molecule has 0 amide bonds. The quantitative estimate of drug-likeness (QED) is 0.610. The zero-order valence-electron chi connectivity index (χ0n) is 7.12. The highest BCUT2D eigenvalue weighted by molar-refractivity contribution is 7.89. The van der Waals surface area contributed by atoms with Crippen LogP contribution < -0.4 is 4.72 Å². The Labute approximate surface area is 73.6 Å². The maximum atomic E-state index is 11.2. The summed E-state index contributed by atoms with van der Waals surface area (Å²) in [5.74, 6) is 1.45. The lowest BCUT2D eigenvalue weighted by Crippen LogP contribution is -2.45. The molecule has 1 aliphatic carbocycles. The van der Waals surface area contributed by atoms with E-state index >= 15 is 0 Å². The van der Waals surface area contributed by atoms with Gasteiger partial charge in [0.05, 0.1) is 5.75 Å². The molecule has 1 N–H and O–H groups in total. The largest absolute Gasteiger partial charge is 0.215 e. The van der Waals surface area contributed by atoms with E-state index in [0.29, 0.717) is 24.1 Å². The number of hydrogen-bond acceptors (Lipinski definition) is 2. The summed E-state index contributed by atoms with van der Waals surface area (Å²) in [7, 11) is -2.90. The summed E-state index contributed by atoms with van der Waals surface area (Å²) >= 11 is 0. The molecule has 1 aliphatic heterocycles. The third kappa shape index (κ3) is 1.64. The van der Waals surface area contributed by atoms with Crippen molar-refractivity contribution in [3.63, 3.8) is 0 Å². The van der Waals surface area contributed by atoms with Crippen molar-refractivity contribution >= 4 is 10.0 Å². The second-order valence-corrected chi connectivity index (χ2v) is 5.79. The van der Waals surface area contributed by atoms with Crippen LogP contribution in [0.25, 0.3) is 0 Å². The van der Waals surface area contributed by atoms with Crippen LogP contribution in [0.15, 0.2) is 0 Å². The fourth-order valence-electron chi connectivity index (χ4n) is 2.35. The second-order valence-electron chi connectivity index (χ2n) is 3.93. The number of fused-ring (bicyclic) bond motifs is 1. The monoisotopic (exact) mass is 189 g/mol. The first-order chi connectivity index (χ1) is 5.67. The SMILES string of the molecule is O=S1(=O)C[C@@H]2CCCC[C@@H]2CN1. The normalized spacial score (nSPS) is 40.3. The van der Waals surface area contributed by atoms with Gasteiger partial charge >= 0.3 is 0 Å². The third-order valence-electron chi connectivity index (χ3n) is 3.07. The minimum atomic E-state index is -2.90. The molecule has 1 heterocycles. The second kappa shape index (κ2) is 3.00. The van der Waals surface area contributed by atoms with Crippen LogP contribution in [0.1, 0.15) is 25.7 Å². The highest BCUT2D eigenvalue weighted by atomic mass is 32.2. The first-order valence-corrected chi connectivity index (χ1v) is 6.30. The molecule has 4 heteroatoms. The van der Waals surface area contributed by atoms with Crippen LogP contribution in [-0.2, 0) is 10.0 Å². The molecule has 3 nitrogen and oxygen atoms in total. The van der Waals surface area contributed by atoms with Crippen molar-refractivity contribution in [2.75, 3.05) is 12.3 Å². The van der Waals surface area contributed by atoms with Gasteiger partial charge in [-0.1, -0.05) is 12.8 Å². The van der Waals surface area contributed by atoms with Crippen LogP contribution in [0, 0.1) is 11.8 Å². The Bertz CT molecular complexity index is 260. The summed E-state index contributed by atoms with van der Waals surface area (Å²) in [4.78, 5) is 0. The van der Waals surface area contributed by atoms with E-state index in [4.69, 9.17) is 0 Å². The molecule has 0 aromatic heterocycles. The van der Waals surface area contributed by atoms with Gasteiger partial charge in [-0.3, -0.25) is 0 Å². The van der Waals surface area contributed by atoms with E-state index in [1.807, 2.05) is 0 Å². The number of sulfonamides is 1. The lowest BCUT2D eigenvalue weighted by molar-refractivity contribution is 0.247. The molecule has 1 saturated heterocycles. The molecule has 0 bridgehead atoms. The van der Waals surface area contributed by atoms with Crippen LogP contribution in [0.5, 0.6) is 0 Å². The van der Waals surface area contributed by atoms with Gasteiger partial charge < -0.3 is 0 Å². The summed E-state index contributed by atoms with van der Waals surface area (Å²) in [6, 6.07) is 0. The Morgan fingerprint density at radius 1 is 1.08 bits per heavy atom. The van der Waals surface area contributed by atoms with E-state index < -0.39 is 10.0 Å². The summed E-state index contributed by atoms with van der Waals surface area (Å²) in [6.45, 7) is 0.688. The lowest BCUT2D eigenvalue weighted by atomic mass is 9.80. The molecule has 0 radical (unpaired) electrons. The molecular formula is C8H15NO2S. The van der Waals surface area contributed by atoms with Gasteiger partial charge in [0.2, 0.25) is 10.0 Å². The van der Waals surface area contributed by atoms with Gasteiger partial charge in [-0.2, -0.15) is 0 Å². The van der Waals surface area contributed by atoms with Crippen LogP contribution >= 0.6 is 0 Å². The average Bonchev–Trinajstić information content (AvgIpc) is 2.02. The van der Waals surface area contributed by atoms with E-state index in [-0.39, 0.29) is 0 Å². The zero-order chi connectivity index (χ0) is 8.60. The summed E-state index contributed by atoms with van der Waals surface area (Å²) in [5, 5.41) is 0. The molecule has 2 rings (SSSR count). The summed E-state index contributed by atoms with van der Waals surface area (Å²) in [6.07, 6.45) is 4.83. The van der Waals surface area contributed by atoms with E-state index in [1.165, 1.54) is 19.3 Å². The molecular weight excluding hydrogens is 174 g/mol. The van der Waals surface area contributed by atoms with Crippen LogP contribution in [0.2, 0.25) is 0 Å². The van der Waals surface area contributed by atoms with Crippen LogP contribution in [0.4, 0.5) is 0 Å². The fraction of sp³-hybridized carbons (Fsp3) is 1.00. The molecule has 0 spiro atoms. The molecule has 12 heavy (non-hydrogen) atoms. The molecule has 0 unspecified atom stereocenters. The van der Waals surface area contributed by atoms with Crippen molar-refractivity contribution in [1.82, 2.24) is 4.72 Å². The number of hydrogen-bond donors (Lipinski definition) is 1. The van der Waals surface area contributed by atoms with E-state index in [9.17, 15) is 8.42 Å². The Hall–Kier alpha value is -0.0900. The van der Waals surface area contributed by atoms with E-state index in [0.717, 1.165) is 6.42 Å². The standard InChI is InChI=1S/C8H15NO2S/c10-12(11)6-8-4-2-1-3-7(8)5-9-12/h7-9H,1-6H2/t7-,8+/m1/s1. The minimum absolute atomic E-state index is 0.373. The van der Waals surface area contributed by atoms with Gasteiger partial charge in [-0.05, 0) is 24.7 Å². The predicted molar refractivity (Wildman–Crippen MR) is 47.2 cm³/mol. The van der Waals surface area contributed by atoms with Gasteiger partial charge in [0, 0.05) is 6.54 Å². The molecule has 2 aliphatic rings. The maximum Gasteiger partial charge on any atom is 0.211 e. The zero-order valence-corrected chi connectivity index (χ0v) is 7.94. The average molecular weight is 189 g/mol. The Morgan fingerprint density at radius 2 is 1.75 bits per heavy atom. The van der Waals surface area contributed by atoms with Gasteiger partial charge in [0.1, 0.15) is 0 Å². The Kier molecular flexibility index (Phi) is 2.12. The van der Waals surface area contributed by atoms with E-state index in [1.54, 1.807) is 0 Å². The maximum absolute atomic E-state index is 11.2. The first-order valence-electron chi connectivity index (χ1n) is 4.65. The smallest absolute Gasteiger partial charge is 0.211 e. The third-order valence-corrected chi connectivity index (χ3v) is 4.54. The van der Waals surface area contributed by atoms with Crippen LogP contribution in [-0.4, -0.2) is 20.7 Å². The van der Waals surface area contributed by atoms with Crippen molar-refractivity contribution in [1.29, 1.82) is 0 Å². The van der Waals surface area contributed by atoms with Gasteiger partial charge in [-0.25, -0.2) is 13.1 Å². The molecule has 0 aromatic carbocycles. The topological polar surface area (TPSA) is 46.2 Å². The molecule has 0 aromatic rings. The summed E-state index contributed by atoms with van der Waals surface area (Å²) in [5.41, 5.74) is 0. The highest BCUT2D eigenvalue weighted by Crippen LogP contribution is 2.32. The van der Waals surface area contributed by atoms with Crippen molar-refractivity contribution in [3.05, 3.63) is 0 Å². The molecule has 2 atom stereocenters. The predicted octanol–water partition coefficient (Wildman–Crippen LogP) is 0.726. The molecule has 1 saturated carbocycles. The van der Waals surface area contributed by atoms with Gasteiger partial charge in [0.25, 0.3) is 0 Å². The summed E-state index contributed by atoms with van der Waals surface area (Å²) < 4.78 is 25.0. The van der Waals surface area contributed by atoms with Gasteiger partial charge in [-0.15, -0.1) is 0 Å². The van der Waals surface area contributed by atoms with Crippen molar-refractivity contribution in [2.45, 2.75) is 25.7 Å². The highest BCUT2D eigenvalue weighted by Gasteiger charge is 2.33. The Morgan fingerprint density at radius 3 is 2.50 bits per heavy atom. The van der Waals surface area contributed by atoms with E-state index in [2.05, 4.69) is 4.72 Å². The lowest BCUT2D eigenvalue weighted by Gasteiger charge is -2.35. The van der Waals surface area contributed by atoms with Crippen molar-refractivity contribution in [3.8, 4) is 0 Å². The molecule has 70 valence electrons. The Balaban J connectivity index is 2.08. The van der Waals surface area contributed by atoms with Crippen LogP contribution in [0.3, 0.4) is 0 Å². The minimum Gasteiger partial charge on any atom is -0.215 e. The van der Waals surface area contributed by atoms with Crippen molar-refractivity contribution in [2.24, 2.45) is 11.8 Å². The fourth-order valence-corrected chi connectivity index (χ4v) is 3.94. The van der Waals surface area contributed by atoms with Gasteiger partial charge in [0.15, 0.2) is 0 Å². The number of nitrogens with one attached hydrogen (secondary N) is 1. The number of rotatable bonds is 0. The molecule has 2 fully saturated rings. The first kappa shape index (κ1) is 8.51. The van der Waals surface area contributed by atoms with Crippen molar-refractivity contribution < 1.29 is 8.42 Å².